The van der Waals surface area contributed by atoms with Crippen molar-refractivity contribution in [3.05, 3.63) is 23.8 Å². The summed E-state index contributed by atoms with van der Waals surface area (Å²) in [4.78, 5) is 2.58. The number of rotatable bonds is 4. The number of nitrogens with one attached hydrogen (secondary N) is 1. The first kappa shape index (κ1) is 19.4. The summed E-state index contributed by atoms with van der Waals surface area (Å²) in [5.74, 6) is 2.51. The largest absolute Gasteiger partial charge is 0.454 e. The molecule has 22 heavy (non-hydrogen) atoms. The topological polar surface area (TPSA) is 33.7 Å². The van der Waals surface area contributed by atoms with Crippen molar-refractivity contribution in [3.63, 3.8) is 0 Å². The van der Waals surface area contributed by atoms with Crippen molar-refractivity contribution in [2.45, 2.75) is 26.3 Å². The molecule has 0 saturated carbocycles. The maximum absolute atomic E-state index is 5.72. The van der Waals surface area contributed by atoms with Gasteiger partial charge in [-0.05, 0) is 18.4 Å². The van der Waals surface area contributed by atoms with Crippen molar-refractivity contribution < 1.29 is 9.47 Å². The third-order valence-electron chi connectivity index (χ3n) is 4.07. The minimum Gasteiger partial charge on any atom is -0.454 e. The Labute approximate surface area is 145 Å². The molecule has 0 radical (unpaired) electrons. The summed E-state index contributed by atoms with van der Waals surface area (Å²) in [6.07, 6.45) is 1.15. The van der Waals surface area contributed by atoms with Crippen molar-refractivity contribution in [2.24, 2.45) is 5.92 Å². The Morgan fingerprint density at radius 1 is 1.14 bits per heavy atom. The number of piperazine rings is 1. The molecule has 2 aliphatic heterocycles. The Kier molecular flexibility index (Phi) is 7.77. The van der Waals surface area contributed by atoms with Gasteiger partial charge in [0.1, 0.15) is 0 Å². The number of halogens is 2. The highest BCUT2D eigenvalue weighted by atomic mass is 35.5. The summed E-state index contributed by atoms with van der Waals surface area (Å²) in [6.45, 7) is 9.26. The van der Waals surface area contributed by atoms with Crippen LogP contribution in [0.5, 0.6) is 11.5 Å². The van der Waals surface area contributed by atoms with Crippen LogP contribution in [-0.4, -0.2) is 37.9 Å². The maximum Gasteiger partial charge on any atom is 0.231 e. The first-order valence-corrected chi connectivity index (χ1v) is 7.59. The molecule has 1 atom stereocenters. The molecule has 0 unspecified atom stereocenters. The quantitative estimate of drug-likeness (QED) is 0.905. The van der Waals surface area contributed by atoms with Crippen LogP contribution in [0.1, 0.15) is 31.9 Å². The van der Waals surface area contributed by atoms with Crippen molar-refractivity contribution in [3.8, 4) is 11.5 Å². The summed E-state index contributed by atoms with van der Waals surface area (Å²) in [5, 5.41) is 3.43. The first-order chi connectivity index (χ1) is 9.75. The van der Waals surface area contributed by atoms with Crippen molar-refractivity contribution in [1.82, 2.24) is 10.2 Å². The lowest BCUT2D eigenvalue weighted by Gasteiger charge is -2.36. The molecule has 0 aromatic heterocycles. The van der Waals surface area contributed by atoms with Crippen molar-refractivity contribution in [1.29, 1.82) is 0 Å². The average molecular weight is 349 g/mol. The van der Waals surface area contributed by atoms with E-state index in [-0.39, 0.29) is 24.8 Å². The third kappa shape index (κ3) is 4.19. The highest BCUT2D eigenvalue weighted by molar-refractivity contribution is 5.85. The van der Waals surface area contributed by atoms with Gasteiger partial charge < -0.3 is 14.8 Å². The summed E-state index contributed by atoms with van der Waals surface area (Å²) in [7, 11) is 0. The Morgan fingerprint density at radius 2 is 1.86 bits per heavy atom. The van der Waals surface area contributed by atoms with E-state index in [2.05, 4.69) is 36.2 Å². The number of hydrogen-bond donors (Lipinski definition) is 1. The van der Waals surface area contributed by atoms with E-state index in [0.29, 0.717) is 18.8 Å². The van der Waals surface area contributed by atoms with Gasteiger partial charge in [0.15, 0.2) is 11.5 Å². The molecule has 2 heterocycles. The van der Waals surface area contributed by atoms with E-state index in [1.807, 2.05) is 6.07 Å². The lowest BCUT2D eigenvalue weighted by atomic mass is 9.94. The van der Waals surface area contributed by atoms with Crippen LogP contribution in [0.25, 0.3) is 0 Å². The van der Waals surface area contributed by atoms with E-state index < -0.39 is 0 Å². The Balaban J connectivity index is 0.00000121. The number of para-hydroxylation sites is 1. The molecule has 3 rings (SSSR count). The number of benzene rings is 1. The summed E-state index contributed by atoms with van der Waals surface area (Å²) >= 11 is 0. The third-order valence-corrected chi connectivity index (χ3v) is 4.07. The first-order valence-electron chi connectivity index (χ1n) is 7.59. The molecule has 0 aliphatic carbocycles. The maximum atomic E-state index is 5.72. The Bertz CT molecular complexity index is 465. The molecule has 4 nitrogen and oxygen atoms in total. The van der Waals surface area contributed by atoms with Gasteiger partial charge >= 0.3 is 0 Å². The molecule has 0 bridgehead atoms. The standard InChI is InChI=1S/C16H24N2O2.2ClH/c1-12(2)10-14(18-8-6-17-7-9-18)13-4-3-5-15-16(13)20-11-19-15;;/h3-5,12,14,17H,6-11H2,1-2H3;2*1H/t14-;;/m1../s1. The molecular formula is C16H26Cl2N2O2. The van der Waals surface area contributed by atoms with E-state index in [4.69, 9.17) is 9.47 Å². The fourth-order valence-corrected chi connectivity index (χ4v) is 3.13. The predicted molar refractivity (Wildman–Crippen MR) is 93.7 cm³/mol. The van der Waals surface area contributed by atoms with Crippen LogP contribution in [0.4, 0.5) is 0 Å². The zero-order valence-electron chi connectivity index (χ0n) is 13.2. The van der Waals surface area contributed by atoms with Gasteiger partial charge in [0, 0.05) is 37.8 Å². The molecular weight excluding hydrogens is 323 g/mol. The zero-order chi connectivity index (χ0) is 13.9. The SMILES string of the molecule is CC(C)C[C@H](c1cccc2c1OCO2)N1CCNCC1.Cl.Cl. The fourth-order valence-electron chi connectivity index (χ4n) is 3.13. The number of hydrogen-bond acceptors (Lipinski definition) is 4. The fraction of sp³-hybridized carbons (Fsp3) is 0.625. The van der Waals surface area contributed by atoms with Gasteiger partial charge in [-0.1, -0.05) is 26.0 Å². The van der Waals surface area contributed by atoms with E-state index in [0.717, 1.165) is 44.1 Å². The number of ether oxygens (including phenoxy) is 2. The molecule has 6 heteroatoms. The Morgan fingerprint density at radius 3 is 2.55 bits per heavy atom. The number of nitrogens with zero attached hydrogens (tertiary/aromatic N) is 1. The molecule has 1 aromatic carbocycles. The van der Waals surface area contributed by atoms with Gasteiger partial charge in [0.05, 0.1) is 0 Å². The Hall–Kier alpha value is -0.680. The summed E-state index contributed by atoms with van der Waals surface area (Å²) < 4.78 is 11.2. The van der Waals surface area contributed by atoms with Gasteiger partial charge in [-0.15, -0.1) is 24.8 Å². The summed E-state index contributed by atoms with van der Waals surface area (Å²) in [6, 6.07) is 6.70. The second-order valence-corrected chi connectivity index (χ2v) is 6.01. The van der Waals surface area contributed by atoms with Crippen LogP contribution in [-0.2, 0) is 0 Å². The van der Waals surface area contributed by atoms with Gasteiger partial charge in [0.25, 0.3) is 0 Å². The molecule has 1 saturated heterocycles. The monoisotopic (exact) mass is 348 g/mol. The van der Waals surface area contributed by atoms with Gasteiger partial charge in [-0.25, -0.2) is 0 Å². The van der Waals surface area contributed by atoms with E-state index in [1.165, 1.54) is 5.56 Å². The van der Waals surface area contributed by atoms with Gasteiger partial charge in [-0.3, -0.25) is 4.90 Å². The average Bonchev–Trinajstić information content (AvgIpc) is 2.94. The van der Waals surface area contributed by atoms with Crippen molar-refractivity contribution >= 4 is 24.8 Å². The van der Waals surface area contributed by atoms with Gasteiger partial charge in [0.2, 0.25) is 6.79 Å². The molecule has 2 aliphatic rings. The minimum atomic E-state index is 0. The molecule has 1 aromatic rings. The highest BCUT2D eigenvalue weighted by Gasteiger charge is 2.28. The second kappa shape index (κ2) is 8.82. The molecule has 0 spiro atoms. The van der Waals surface area contributed by atoms with Crippen LogP contribution >= 0.6 is 24.8 Å². The smallest absolute Gasteiger partial charge is 0.231 e. The lowest BCUT2D eigenvalue weighted by molar-refractivity contribution is 0.145. The molecule has 1 N–H and O–H groups in total. The van der Waals surface area contributed by atoms with Crippen molar-refractivity contribution in [2.75, 3.05) is 33.0 Å². The molecule has 1 fully saturated rings. The number of fused-ring (bicyclic) bond motifs is 1. The highest BCUT2D eigenvalue weighted by Crippen LogP contribution is 2.42. The normalized spacial score (nSPS) is 18.5. The van der Waals surface area contributed by atoms with E-state index in [9.17, 15) is 0 Å². The summed E-state index contributed by atoms with van der Waals surface area (Å²) in [5.41, 5.74) is 1.29. The van der Waals surface area contributed by atoms with E-state index >= 15 is 0 Å². The molecule has 126 valence electrons. The van der Waals surface area contributed by atoms with Crippen LogP contribution in [0.2, 0.25) is 0 Å². The predicted octanol–water partition coefficient (Wildman–Crippen LogP) is 3.25. The van der Waals surface area contributed by atoms with Crippen LogP contribution in [0, 0.1) is 5.92 Å². The van der Waals surface area contributed by atoms with Gasteiger partial charge in [-0.2, -0.15) is 0 Å². The van der Waals surface area contributed by atoms with E-state index in [1.54, 1.807) is 0 Å². The lowest BCUT2D eigenvalue weighted by Crippen LogP contribution is -2.45. The van der Waals surface area contributed by atoms with Crippen LogP contribution < -0.4 is 14.8 Å². The minimum absolute atomic E-state index is 0. The second-order valence-electron chi connectivity index (χ2n) is 6.01. The zero-order valence-corrected chi connectivity index (χ0v) is 14.8. The molecule has 0 amide bonds. The van der Waals surface area contributed by atoms with Crippen LogP contribution in [0.15, 0.2) is 18.2 Å². The van der Waals surface area contributed by atoms with Crippen LogP contribution in [0.3, 0.4) is 0 Å².